The highest BCUT2D eigenvalue weighted by Crippen LogP contribution is 2.32. The first-order valence-electron chi connectivity index (χ1n) is 7.15. The third-order valence-corrected chi connectivity index (χ3v) is 4.72. The summed E-state index contributed by atoms with van der Waals surface area (Å²) in [7, 11) is 2.11. The van der Waals surface area contributed by atoms with Crippen molar-refractivity contribution < 1.29 is 13.2 Å². The molecule has 1 fully saturated rings. The number of benzene rings is 1. The number of halogens is 3. The van der Waals surface area contributed by atoms with E-state index in [0.29, 0.717) is 10.8 Å². The van der Waals surface area contributed by atoms with Crippen LogP contribution in [-0.4, -0.2) is 43.5 Å². The van der Waals surface area contributed by atoms with E-state index in [2.05, 4.69) is 17.3 Å². The molecule has 1 atom stereocenters. The fraction of sp³-hybridized carbons (Fsp3) is 0.600. The SMILES string of the molecule is CN1CCCC(CNc2ccccc2SCC(F)(F)F)C1. The molecule has 0 saturated carbocycles. The van der Waals surface area contributed by atoms with Crippen LogP contribution in [0, 0.1) is 5.92 Å². The molecular formula is C15H21F3N2S. The molecule has 0 radical (unpaired) electrons. The minimum absolute atomic E-state index is 0.560. The van der Waals surface area contributed by atoms with Crippen LogP contribution in [0.25, 0.3) is 0 Å². The highest BCUT2D eigenvalue weighted by molar-refractivity contribution is 7.99. The largest absolute Gasteiger partial charge is 0.398 e. The molecule has 1 saturated heterocycles. The highest BCUT2D eigenvalue weighted by Gasteiger charge is 2.27. The maximum atomic E-state index is 12.3. The number of hydrogen-bond donors (Lipinski definition) is 1. The molecule has 1 N–H and O–H groups in total. The summed E-state index contributed by atoms with van der Waals surface area (Å²) >= 11 is 0.843. The van der Waals surface area contributed by atoms with Gasteiger partial charge < -0.3 is 10.2 Å². The van der Waals surface area contributed by atoms with Crippen LogP contribution in [0.4, 0.5) is 18.9 Å². The first kappa shape index (κ1) is 16.5. The van der Waals surface area contributed by atoms with E-state index in [0.717, 1.165) is 37.1 Å². The topological polar surface area (TPSA) is 15.3 Å². The molecule has 0 bridgehead atoms. The number of piperidine rings is 1. The Morgan fingerprint density at radius 1 is 1.33 bits per heavy atom. The van der Waals surface area contributed by atoms with Crippen molar-refractivity contribution in [2.45, 2.75) is 23.9 Å². The molecule has 0 spiro atoms. The average molecular weight is 318 g/mol. The van der Waals surface area contributed by atoms with E-state index in [1.54, 1.807) is 12.1 Å². The Hall–Kier alpha value is -0.880. The number of alkyl halides is 3. The second-order valence-corrected chi connectivity index (χ2v) is 6.57. The van der Waals surface area contributed by atoms with Gasteiger partial charge in [-0.15, -0.1) is 11.8 Å². The maximum Gasteiger partial charge on any atom is 0.398 e. The number of likely N-dealkylation sites (tertiary alicyclic amines) is 1. The smallest absolute Gasteiger partial charge is 0.384 e. The number of anilines is 1. The van der Waals surface area contributed by atoms with E-state index >= 15 is 0 Å². The molecule has 0 amide bonds. The summed E-state index contributed by atoms with van der Waals surface area (Å²) in [4.78, 5) is 2.97. The van der Waals surface area contributed by atoms with Gasteiger partial charge in [-0.3, -0.25) is 0 Å². The molecule has 2 nitrogen and oxygen atoms in total. The second kappa shape index (κ2) is 7.40. The minimum Gasteiger partial charge on any atom is -0.384 e. The fourth-order valence-corrected chi connectivity index (χ4v) is 3.38. The molecule has 2 rings (SSSR count). The number of nitrogens with zero attached hydrogens (tertiary/aromatic N) is 1. The Kier molecular flexibility index (Phi) is 5.81. The quantitative estimate of drug-likeness (QED) is 0.823. The standard InChI is InChI=1S/C15H21F3N2S/c1-20-8-4-5-12(10-20)9-19-13-6-2-3-7-14(13)21-11-15(16,17)18/h2-3,6-7,12,19H,4-5,8-11H2,1H3. The second-order valence-electron chi connectivity index (χ2n) is 5.55. The summed E-state index contributed by atoms with van der Waals surface area (Å²) in [5, 5.41) is 3.32. The first-order chi connectivity index (χ1) is 9.94. The predicted molar refractivity (Wildman–Crippen MR) is 81.9 cm³/mol. The van der Waals surface area contributed by atoms with Gasteiger partial charge in [0.25, 0.3) is 0 Å². The third-order valence-electron chi connectivity index (χ3n) is 3.58. The van der Waals surface area contributed by atoms with Crippen molar-refractivity contribution >= 4 is 17.4 Å². The highest BCUT2D eigenvalue weighted by atomic mass is 32.2. The van der Waals surface area contributed by atoms with Gasteiger partial charge in [-0.05, 0) is 44.5 Å². The van der Waals surface area contributed by atoms with E-state index in [9.17, 15) is 13.2 Å². The summed E-state index contributed by atoms with van der Waals surface area (Å²) < 4.78 is 37.0. The van der Waals surface area contributed by atoms with Crippen LogP contribution in [0.5, 0.6) is 0 Å². The number of nitrogens with one attached hydrogen (secondary N) is 1. The van der Waals surface area contributed by atoms with Crippen molar-refractivity contribution in [2.75, 3.05) is 37.8 Å². The predicted octanol–water partition coefficient (Wildman–Crippen LogP) is 4.09. The Labute approximate surface area is 128 Å². The molecule has 0 aliphatic carbocycles. The lowest BCUT2D eigenvalue weighted by Crippen LogP contribution is -2.35. The van der Waals surface area contributed by atoms with Crippen LogP contribution in [0.3, 0.4) is 0 Å². The molecule has 1 aromatic rings. The molecule has 6 heteroatoms. The third kappa shape index (κ3) is 5.79. The summed E-state index contributed by atoms with van der Waals surface area (Å²) in [5.41, 5.74) is 0.806. The molecule has 21 heavy (non-hydrogen) atoms. The van der Waals surface area contributed by atoms with E-state index < -0.39 is 11.9 Å². The van der Waals surface area contributed by atoms with Crippen molar-refractivity contribution in [1.82, 2.24) is 4.90 Å². The van der Waals surface area contributed by atoms with Crippen molar-refractivity contribution in [3.8, 4) is 0 Å². The molecule has 0 aromatic heterocycles. The van der Waals surface area contributed by atoms with Gasteiger partial charge in [0.15, 0.2) is 0 Å². The molecule has 1 aliphatic heterocycles. The lowest BCUT2D eigenvalue weighted by atomic mass is 9.98. The van der Waals surface area contributed by atoms with Crippen molar-refractivity contribution in [1.29, 1.82) is 0 Å². The summed E-state index contributed by atoms with van der Waals surface area (Å²) in [6.07, 6.45) is -1.77. The number of rotatable bonds is 5. The molecule has 1 unspecified atom stereocenters. The van der Waals surface area contributed by atoms with Gasteiger partial charge in [0, 0.05) is 23.7 Å². The normalized spacial score (nSPS) is 20.5. The van der Waals surface area contributed by atoms with Gasteiger partial charge in [0.05, 0.1) is 5.75 Å². The van der Waals surface area contributed by atoms with E-state index in [1.165, 1.54) is 12.8 Å². The lowest BCUT2D eigenvalue weighted by Gasteiger charge is -2.30. The minimum atomic E-state index is -4.14. The monoisotopic (exact) mass is 318 g/mol. The lowest BCUT2D eigenvalue weighted by molar-refractivity contribution is -0.105. The fourth-order valence-electron chi connectivity index (χ4n) is 2.59. The molecule has 1 aromatic carbocycles. The maximum absolute atomic E-state index is 12.3. The summed E-state index contributed by atoms with van der Waals surface area (Å²) in [6, 6.07) is 7.22. The van der Waals surface area contributed by atoms with E-state index in [1.807, 2.05) is 12.1 Å². The first-order valence-corrected chi connectivity index (χ1v) is 8.13. The number of thioether (sulfide) groups is 1. The zero-order chi connectivity index (χ0) is 15.3. The van der Waals surface area contributed by atoms with Crippen LogP contribution < -0.4 is 5.32 Å². The number of hydrogen-bond acceptors (Lipinski definition) is 3. The molecule has 1 heterocycles. The Morgan fingerprint density at radius 3 is 2.81 bits per heavy atom. The average Bonchev–Trinajstić information content (AvgIpc) is 2.43. The van der Waals surface area contributed by atoms with Crippen molar-refractivity contribution in [3.05, 3.63) is 24.3 Å². The van der Waals surface area contributed by atoms with Crippen molar-refractivity contribution in [3.63, 3.8) is 0 Å². The zero-order valence-corrected chi connectivity index (χ0v) is 12.9. The van der Waals surface area contributed by atoms with Crippen LogP contribution in [0.1, 0.15) is 12.8 Å². The van der Waals surface area contributed by atoms with Gasteiger partial charge in [-0.1, -0.05) is 12.1 Å². The summed E-state index contributed by atoms with van der Waals surface area (Å²) in [6.45, 7) is 2.99. The van der Waals surface area contributed by atoms with Gasteiger partial charge in [0.2, 0.25) is 0 Å². The molecule has 1 aliphatic rings. The van der Waals surface area contributed by atoms with Gasteiger partial charge in [-0.25, -0.2) is 0 Å². The molecule has 118 valence electrons. The van der Waals surface area contributed by atoms with Crippen molar-refractivity contribution in [2.24, 2.45) is 5.92 Å². The van der Waals surface area contributed by atoms with Gasteiger partial charge >= 0.3 is 6.18 Å². The summed E-state index contributed by atoms with van der Waals surface area (Å²) in [5.74, 6) is -0.290. The van der Waals surface area contributed by atoms with Gasteiger partial charge in [-0.2, -0.15) is 13.2 Å². The van der Waals surface area contributed by atoms with Crippen LogP contribution in [-0.2, 0) is 0 Å². The molecular weight excluding hydrogens is 297 g/mol. The Morgan fingerprint density at radius 2 is 2.10 bits per heavy atom. The number of para-hydroxylation sites is 1. The van der Waals surface area contributed by atoms with Crippen LogP contribution in [0.2, 0.25) is 0 Å². The Bertz CT molecular complexity index is 451. The van der Waals surface area contributed by atoms with E-state index in [-0.39, 0.29) is 0 Å². The van der Waals surface area contributed by atoms with Gasteiger partial charge in [0.1, 0.15) is 0 Å². The van der Waals surface area contributed by atoms with E-state index in [4.69, 9.17) is 0 Å². The zero-order valence-electron chi connectivity index (χ0n) is 12.1. The Balaban J connectivity index is 1.90. The van der Waals surface area contributed by atoms with Crippen LogP contribution >= 0.6 is 11.8 Å². The van der Waals surface area contributed by atoms with Crippen LogP contribution in [0.15, 0.2) is 29.2 Å².